The zero-order valence-electron chi connectivity index (χ0n) is 15.2. The summed E-state index contributed by atoms with van der Waals surface area (Å²) in [5.41, 5.74) is -1.45. The van der Waals surface area contributed by atoms with Gasteiger partial charge in [-0.2, -0.15) is 18.4 Å². The molecule has 0 aliphatic heterocycles. The van der Waals surface area contributed by atoms with E-state index in [2.05, 4.69) is 21.2 Å². The van der Waals surface area contributed by atoms with Crippen LogP contribution < -0.4 is 10.9 Å². The maximum absolute atomic E-state index is 12.9. The van der Waals surface area contributed by atoms with Gasteiger partial charge in [-0.25, -0.2) is 0 Å². The summed E-state index contributed by atoms with van der Waals surface area (Å²) >= 11 is 9.16. The lowest BCUT2D eigenvalue weighted by Crippen LogP contribution is -2.32. The van der Waals surface area contributed by atoms with Gasteiger partial charge in [0.05, 0.1) is 22.9 Å². The summed E-state index contributed by atoms with van der Waals surface area (Å²) in [5.74, 6) is -0.785. The molecule has 1 heterocycles. The van der Waals surface area contributed by atoms with E-state index in [9.17, 15) is 28.0 Å². The van der Waals surface area contributed by atoms with Crippen molar-refractivity contribution >= 4 is 39.1 Å². The SMILES string of the molecule is COCc1c(Br)c(C)n(CC(=O)Nc2cc(C(F)(F)F)ccc2Cl)c(=O)c1C#N. The smallest absolute Gasteiger partial charge is 0.380 e. The fourth-order valence-corrected chi connectivity index (χ4v) is 3.27. The average Bonchev–Trinajstić information content (AvgIpc) is 2.64. The van der Waals surface area contributed by atoms with Gasteiger partial charge in [0.1, 0.15) is 18.2 Å². The predicted molar refractivity (Wildman–Crippen MR) is 104 cm³/mol. The normalized spacial score (nSPS) is 11.2. The Labute approximate surface area is 177 Å². The fourth-order valence-electron chi connectivity index (χ4n) is 2.58. The molecule has 0 unspecified atom stereocenters. The number of benzene rings is 1. The van der Waals surface area contributed by atoms with E-state index in [4.69, 9.17) is 16.3 Å². The molecular weight excluding hydrogens is 479 g/mol. The van der Waals surface area contributed by atoms with Crippen molar-refractivity contribution in [2.45, 2.75) is 26.3 Å². The predicted octanol–water partition coefficient (Wildman–Crippen LogP) is 4.25. The highest BCUT2D eigenvalue weighted by Crippen LogP contribution is 2.33. The van der Waals surface area contributed by atoms with Crippen LogP contribution in [-0.2, 0) is 28.9 Å². The van der Waals surface area contributed by atoms with Gasteiger partial charge in [0, 0.05) is 22.8 Å². The number of carbonyl (C=O) groups excluding carboxylic acids is 1. The molecule has 2 rings (SSSR count). The summed E-state index contributed by atoms with van der Waals surface area (Å²) in [7, 11) is 1.40. The molecule has 0 bridgehead atoms. The van der Waals surface area contributed by atoms with E-state index in [1.807, 2.05) is 0 Å². The molecule has 1 amide bonds. The van der Waals surface area contributed by atoms with Crippen LogP contribution in [0, 0.1) is 18.3 Å². The minimum absolute atomic E-state index is 0.00638. The number of hydrogen-bond acceptors (Lipinski definition) is 4. The number of carbonyl (C=O) groups is 1. The van der Waals surface area contributed by atoms with Gasteiger partial charge in [-0.15, -0.1) is 0 Å². The Balaban J connectivity index is 2.39. The highest BCUT2D eigenvalue weighted by Gasteiger charge is 2.31. The molecular formula is C18H14BrClF3N3O3. The molecule has 11 heteroatoms. The molecule has 6 nitrogen and oxygen atoms in total. The Morgan fingerprint density at radius 3 is 2.62 bits per heavy atom. The summed E-state index contributed by atoms with van der Waals surface area (Å²) in [5, 5.41) is 11.5. The van der Waals surface area contributed by atoms with Crippen molar-refractivity contribution in [1.82, 2.24) is 4.57 Å². The molecule has 0 aliphatic carbocycles. The Kier molecular flexibility index (Phi) is 7.11. The minimum Gasteiger partial charge on any atom is -0.380 e. The Morgan fingerprint density at radius 1 is 1.41 bits per heavy atom. The molecule has 0 spiro atoms. The van der Waals surface area contributed by atoms with Crippen LogP contribution in [0.4, 0.5) is 18.9 Å². The van der Waals surface area contributed by atoms with Crippen molar-refractivity contribution in [1.29, 1.82) is 5.26 Å². The molecule has 154 valence electrons. The Hall–Kier alpha value is -2.35. The first kappa shape index (κ1) is 22.9. The first-order chi connectivity index (χ1) is 13.5. The number of nitriles is 1. The van der Waals surface area contributed by atoms with Gasteiger partial charge >= 0.3 is 6.18 Å². The zero-order valence-corrected chi connectivity index (χ0v) is 17.5. The number of nitrogens with one attached hydrogen (secondary N) is 1. The number of ether oxygens (including phenoxy) is 1. The summed E-state index contributed by atoms with van der Waals surface area (Å²) in [6.45, 7) is 1.03. The van der Waals surface area contributed by atoms with Crippen molar-refractivity contribution < 1.29 is 22.7 Å². The van der Waals surface area contributed by atoms with Crippen LogP contribution in [-0.4, -0.2) is 17.6 Å². The molecule has 0 saturated heterocycles. The highest BCUT2D eigenvalue weighted by molar-refractivity contribution is 9.10. The average molecular weight is 493 g/mol. The lowest BCUT2D eigenvalue weighted by molar-refractivity contribution is -0.137. The molecule has 0 atom stereocenters. The van der Waals surface area contributed by atoms with E-state index < -0.39 is 29.8 Å². The molecule has 0 saturated carbocycles. The molecule has 29 heavy (non-hydrogen) atoms. The van der Waals surface area contributed by atoms with E-state index in [1.165, 1.54) is 7.11 Å². The number of methoxy groups -OCH3 is 1. The van der Waals surface area contributed by atoms with Gasteiger partial charge in [0.25, 0.3) is 5.56 Å². The third-order valence-corrected chi connectivity index (χ3v) is 5.40. The van der Waals surface area contributed by atoms with E-state index in [0.29, 0.717) is 21.8 Å². The number of rotatable bonds is 5. The van der Waals surface area contributed by atoms with Gasteiger partial charge in [-0.05, 0) is 41.1 Å². The fraction of sp³-hybridized carbons (Fsp3) is 0.278. The van der Waals surface area contributed by atoms with Crippen molar-refractivity contribution in [2.24, 2.45) is 0 Å². The minimum atomic E-state index is -4.61. The number of aromatic nitrogens is 1. The lowest BCUT2D eigenvalue weighted by atomic mass is 10.1. The lowest BCUT2D eigenvalue weighted by Gasteiger charge is -2.16. The first-order valence-corrected chi connectivity index (χ1v) is 9.15. The third kappa shape index (κ3) is 4.98. The highest BCUT2D eigenvalue weighted by atomic mass is 79.9. The van der Waals surface area contributed by atoms with E-state index in [-0.39, 0.29) is 22.9 Å². The summed E-state index contributed by atoms with van der Waals surface area (Å²) in [6.07, 6.45) is -4.61. The van der Waals surface area contributed by atoms with Crippen LogP contribution in [0.25, 0.3) is 0 Å². The maximum Gasteiger partial charge on any atom is 0.416 e. The van der Waals surface area contributed by atoms with Crippen LogP contribution in [0.15, 0.2) is 27.5 Å². The van der Waals surface area contributed by atoms with Crippen LogP contribution in [0.2, 0.25) is 5.02 Å². The first-order valence-electron chi connectivity index (χ1n) is 7.98. The Bertz CT molecular complexity index is 1060. The molecule has 1 aromatic carbocycles. The van der Waals surface area contributed by atoms with Crippen LogP contribution in [0.1, 0.15) is 22.4 Å². The van der Waals surface area contributed by atoms with Gasteiger partial charge < -0.3 is 14.6 Å². The molecule has 1 aromatic heterocycles. The van der Waals surface area contributed by atoms with Crippen molar-refractivity contribution in [3.63, 3.8) is 0 Å². The Morgan fingerprint density at radius 2 is 2.07 bits per heavy atom. The second kappa shape index (κ2) is 8.98. The summed E-state index contributed by atoms with van der Waals surface area (Å²) in [6, 6.07) is 4.30. The quantitative estimate of drug-likeness (QED) is 0.676. The van der Waals surface area contributed by atoms with Crippen molar-refractivity contribution in [2.75, 3.05) is 12.4 Å². The maximum atomic E-state index is 12.9. The molecule has 1 N–H and O–H groups in total. The molecule has 2 aromatic rings. The van der Waals surface area contributed by atoms with Gasteiger partial charge in [0.15, 0.2) is 0 Å². The number of halogens is 5. The number of anilines is 1. The van der Waals surface area contributed by atoms with Crippen LogP contribution >= 0.6 is 27.5 Å². The number of hydrogen-bond donors (Lipinski definition) is 1. The largest absolute Gasteiger partial charge is 0.416 e. The number of nitrogens with zero attached hydrogens (tertiary/aromatic N) is 2. The van der Waals surface area contributed by atoms with Crippen molar-refractivity contribution in [3.8, 4) is 6.07 Å². The number of amides is 1. The van der Waals surface area contributed by atoms with Gasteiger partial charge in [-0.3, -0.25) is 9.59 Å². The van der Waals surface area contributed by atoms with Crippen LogP contribution in [0.3, 0.4) is 0 Å². The summed E-state index contributed by atoms with van der Waals surface area (Å²) in [4.78, 5) is 25.0. The van der Waals surface area contributed by atoms with Gasteiger partial charge in [0.2, 0.25) is 5.91 Å². The number of alkyl halides is 3. The number of pyridine rings is 1. The standard InChI is InChI=1S/C18H14BrClF3N3O3/c1-9-16(19)12(8-29-2)11(6-24)17(28)26(9)7-15(27)25-14-5-10(18(21,22)23)3-4-13(14)20/h3-5H,7-8H2,1-2H3,(H,25,27). The second-order valence-corrected chi connectivity index (χ2v) is 7.13. The molecule has 0 aliphatic rings. The topological polar surface area (TPSA) is 84.1 Å². The molecule has 0 radical (unpaired) electrons. The second-order valence-electron chi connectivity index (χ2n) is 5.93. The summed E-state index contributed by atoms with van der Waals surface area (Å²) < 4.78 is 45.1. The molecule has 0 fully saturated rings. The van der Waals surface area contributed by atoms with Crippen LogP contribution in [0.5, 0.6) is 0 Å². The van der Waals surface area contributed by atoms with E-state index in [0.717, 1.165) is 16.7 Å². The van der Waals surface area contributed by atoms with Gasteiger partial charge in [-0.1, -0.05) is 11.6 Å². The van der Waals surface area contributed by atoms with E-state index in [1.54, 1.807) is 13.0 Å². The third-order valence-electron chi connectivity index (χ3n) is 4.02. The monoisotopic (exact) mass is 491 g/mol. The zero-order chi connectivity index (χ0) is 21.9. The van der Waals surface area contributed by atoms with E-state index >= 15 is 0 Å². The van der Waals surface area contributed by atoms with Crippen molar-refractivity contribution in [3.05, 3.63) is 60.4 Å².